The van der Waals surface area contributed by atoms with Gasteiger partial charge in [0.25, 0.3) is 0 Å². The minimum Gasteiger partial charge on any atom is -0.480 e. The van der Waals surface area contributed by atoms with Crippen molar-refractivity contribution >= 4 is 28.6 Å². The number of halogens is 2. The molecule has 0 saturated carbocycles. The van der Waals surface area contributed by atoms with E-state index in [0.717, 1.165) is 5.56 Å². The summed E-state index contributed by atoms with van der Waals surface area (Å²) in [7, 11) is 0. The molecule has 0 saturated heterocycles. The van der Waals surface area contributed by atoms with Crippen molar-refractivity contribution < 1.29 is 9.13 Å². The Kier molecular flexibility index (Phi) is 2.68. The van der Waals surface area contributed by atoms with Gasteiger partial charge in [0.2, 0.25) is 0 Å². The summed E-state index contributed by atoms with van der Waals surface area (Å²) in [5.41, 5.74) is 1.72. The van der Waals surface area contributed by atoms with Crippen molar-refractivity contribution in [2.24, 2.45) is 0 Å². The van der Waals surface area contributed by atoms with Gasteiger partial charge in [-0.2, -0.15) is 11.3 Å². The molecule has 5 heteroatoms. The molecular weight excluding hydrogens is 261 g/mol. The molecule has 2 nitrogen and oxygen atoms in total. The van der Waals surface area contributed by atoms with Crippen LogP contribution in [0, 0.1) is 5.82 Å². The molecule has 1 aliphatic rings. The topological polar surface area (TPSA) is 21.3 Å². The fourth-order valence-electron chi connectivity index (χ4n) is 1.84. The molecule has 3 rings (SSSR count). The summed E-state index contributed by atoms with van der Waals surface area (Å²) in [6.45, 7) is 0.615. The van der Waals surface area contributed by atoms with Crippen LogP contribution < -0.4 is 10.1 Å². The zero-order valence-electron chi connectivity index (χ0n) is 8.74. The van der Waals surface area contributed by atoms with Crippen molar-refractivity contribution in [3.63, 3.8) is 0 Å². The minimum absolute atomic E-state index is 0.0725. The number of ether oxygens (including phenoxy) is 1. The van der Waals surface area contributed by atoms with Crippen LogP contribution in [0.4, 0.5) is 10.1 Å². The molecule has 0 aliphatic carbocycles. The van der Waals surface area contributed by atoms with E-state index in [0.29, 0.717) is 23.0 Å². The van der Waals surface area contributed by atoms with Crippen molar-refractivity contribution in [1.29, 1.82) is 0 Å². The maximum absolute atomic E-state index is 13.1. The van der Waals surface area contributed by atoms with Crippen molar-refractivity contribution in [1.82, 2.24) is 0 Å². The largest absolute Gasteiger partial charge is 0.480 e. The number of benzene rings is 1. The lowest BCUT2D eigenvalue weighted by atomic mass is 10.1. The van der Waals surface area contributed by atoms with Crippen molar-refractivity contribution in [2.75, 3.05) is 11.9 Å². The highest BCUT2D eigenvalue weighted by molar-refractivity contribution is 7.07. The van der Waals surface area contributed by atoms with Crippen molar-refractivity contribution in [2.45, 2.75) is 6.10 Å². The second-order valence-electron chi connectivity index (χ2n) is 3.81. The molecule has 2 aromatic rings. The van der Waals surface area contributed by atoms with Gasteiger partial charge in [-0.25, -0.2) is 4.39 Å². The van der Waals surface area contributed by atoms with Crippen LogP contribution in [0.15, 0.2) is 29.0 Å². The smallest absolute Gasteiger partial charge is 0.162 e. The van der Waals surface area contributed by atoms with Gasteiger partial charge < -0.3 is 10.1 Å². The third-order valence-corrected chi connectivity index (χ3v) is 3.64. The first kappa shape index (κ1) is 10.9. The number of nitrogens with one attached hydrogen (secondary N) is 1. The Hall–Kier alpha value is -1.26. The van der Waals surface area contributed by atoms with Crippen LogP contribution in [-0.4, -0.2) is 6.54 Å². The molecule has 1 unspecified atom stereocenters. The van der Waals surface area contributed by atoms with Crippen molar-refractivity contribution in [3.8, 4) is 5.75 Å². The van der Waals surface area contributed by atoms with Crippen LogP contribution in [-0.2, 0) is 0 Å². The molecule has 2 heterocycles. The molecule has 1 aliphatic heterocycles. The van der Waals surface area contributed by atoms with E-state index in [1.807, 2.05) is 16.8 Å². The Morgan fingerprint density at radius 1 is 1.47 bits per heavy atom. The first-order chi connectivity index (χ1) is 8.24. The lowest BCUT2D eigenvalue weighted by Crippen LogP contribution is -2.23. The van der Waals surface area contributed by atoms with Crippen molar-refractivity contribution in [3.05, 3.63) is 45.4 Å². The monoisotopic (exact) mass is 269 g/mol. The van der Waals surface area contributed by atoms with Gasteiger partial charge in [0.1, 0.15) is 11.9 Å². The van der Waals surface area contributed by atoms with E-state index < -0.39 is 0 Å². The molecule has 0 fully saturated rings. The normalized spacial score (nSPS) is 18.1. The highest BCUT2D eigenvalue weighted by Gasteiger charge is 2.23. The number of fused-ring (bicyclic) bond motifs is 1. The van der Waals surface area contributed by atoms with E-state index in [9.17, 15) is 4.39 Å². The Balaban J connectivity index is 1.95. The van der Waals surface area contributed by atoms with Gasteiger partial charge in [-0.15, -0.1) is 0 Å². The first-order valence-electron chi connectivity index (χ1n) is 5.16. The Morgan fingerprint density at radius 3 is 3.12 bits per heavy atom. The number of thiophene rings is 1. The van der Waals surface area contributed by atoms with Gasteiger partial charge in [-0.05, 0) is 22.9 Å². The maximum atomic E-state index is 13.1. The molecule has 1 N–H and O–H groups in total. The van der Waals surface area contributed by atoms with E-state index in [-0.39, 0.29) is 11.9 Å². The predicted octanol–water partition coefficient (Wildman–Crippen LogP) is 4.09. The Labute approximate surface area is 107 Å². The van der Waals surface area contributed by atoms with E-state index in [1.54, 1.807) is 11.3 Å². The maximum Gasteiger partial charge on any atom is 0.162 e. The van der Waals surface area contributed by atoms with Gasteiger partial charge >= 0.3 is 0 Å². The fourth-order valence-corrected chi connectivity index (χ4v) is 2.79. The molecule has 1 aromatic carbocycles. The molecule has 0 bridgehead atoms. The minimum atomic E-state index is -0.362. The van der Waals surface area contributed by atoms with E-state index >= 15 is 0 Å². The first-order valence-corrected chi connectivity index (χ1v) is 6.48. The SMILES string of the molecule is Fc1cc(Cl)c2c(c1)NCC(c1ccsc1)O2. The molecule has 17 heavy (non-hydrogen) atoms. The molecule has 0 spiro atoms. The van der Waals surface area contributed by atoms with Crippen LogP contribution in [0.1, 0.15) is 11.7 Å². The highest BCUT2D eigenvalue weighted by atomic mass is 35.5. The van der Waals surface area contributed by atoms with Crippen LogP contribution in [0.2, 0.25) is 5.02 Å². The number of hydrogen-bond donors (Lipinski definition) is 1. The summed E-state index contributed by atoms with van der Waals surface area (Å²) in [5, 5.41) is 7.47. The number of rotatable bonds is 1. The number of anilines is 1. The zero-order chi connectivity index (χ0) is 11.8. The fraction of sp³-hybridized carbons (Fsp3) is 0.167. The molecular formula is C12H9ClFNOS. The van der Waals surface area contributed by atoms with Crippen LogP contribution in [0.5, 0.6) is 5.75 Å². The number of hydrogen-bond acceptors (Lipinski definition) is 3. The third-order valence-electron chi connectivity index (χ3n) is 2.66. The summed E-state index contributed by atoms with van der Waals surface area (Å²) in [4.78, 5) is 0. The second kappa shape index (κ2) is 4.20. The lowest BCUT2D eigenvalue weighted by Gasteiger charge is -2.27. The summed E-state index contributed by atoms with van der Waals surface area (Å²) in [6, 6.07) is 4.67. The second-order valence-corrected chi connectivity index (χ2v) is 5.00. The highest BCUT2D eigenvalue weighted by Crippen LogP contribution is 2.40. The van der Waals surface area contributed by atoms with E-state index in [1.165, 1.54) is 12.1 Å². The average Bonchev–Trinajstić information content (AvgIpc) is 2.82. The van der Waals surface area contributed by atoms with Gasteiger partial charge in [-0.3, -0.25) is 0 Å². The van der Waals surface area contributed by atoms with Crippen LogP contribution in [0.3, 0.4) is 0 Å². The predicted molar refractivity (Wildman–Crippen MR) is 67.6 cm³/mol. The standard InChI is InChI=1S/C12H9ClFNOS/c13-9-3-8(14)4-10-12(9)16-11(5-15-10)7-1-2-17-6-7/h1-4,6,11,15H,5H2. The van der Waals surface area contributed by atoms with Gasteiger partial charge in [0, 0.05) is 11.6 Å². The molecule has 1 atom stereocenters. The summed E-state index contributed by atoms with van der Waals surface area (Å²) < 4.78 is 19.0. The summed E-state index contributed by atoms with van der Waals surface area (Å²) >= 11 is 7.59. The summed E-state index contributed by atoms with van der Waals surface area (Å²) in [6.07, 6.45) is -0.0725. The van der Waals surface area contributed by atoms with E-state index in [4.69, 9.17) is 16.3 Å². The van der Waals surface area contributed by atoms with Gasteiger partial charge in [0.05, 0.1) is 17.3 Å². The molecule has 0 amide bonds. The third kappa shape index (κ3) is 1.98. The molecule has 88 valence electrons. The van der Waals surface area contributed by atoms with E-state index in [2.05, 4.69) is 5.32 Å². The quantitative estimate of drug-likeness (QED) is 0.842. The van der Waals surface area contributed by atoms with Gasteiger partial charge in [0.15, 0.2) is 5.75 Å². The Morgan fingerprint density at radius 2 is 2.35 bits per heavy atom. The van der Waals surface area contributed by atoms with Crippen LogP contribution in [0.25, 0.3) is 0 Å². The van der Waals surface area contributed by atoms with Gasteiger partial charge in [-0.1, -0.05) is 11.6 Å². The lowest BCUT2D eigenvalue weighted by molar-refractivity contribution is 0.211. The Bertz CT molecular complexity index is 544. The average molecular weight is 270 g/mol. The molecule has 0 radical (unpaired) electrons. The summed E-state index contributed by atoms with van der Waals surface area (Å²) in [5.74, 6) is 0.161. The molecule has 1 aromatic heterocycles. The zero-order valence-corrected chi connectivity index (χ0v) is 10.3. The van der Waals surface area contributed by atoms with Crippen LogP contribution >= 0.6 is 22.9 Å².